The van der Waals surface area contributed by atoms with E-state index in [2.05, 4.69) is 0 Å². The zero-order valence-electron chi connectivity index (χ0n) is 13.7. The van der Waals surface area contributed by atoms with Crippen molar-refractivity contribution in [3.05, 3.63) is 91.6 Å². The summed E-state index contributed by atoms with van der Waals surface area (Å²) in [5.74, 6) is -0.744. The standard InChI is InChI=1S/C19H11N3O5/c20-9-13-15(10-5-7-11(8-6-10)22(24)25)16-17(27-18(13)21)12-3-1-2-4-14(12)26-19(16)23/h1-8,15H,21H2/t15-/m0/s1. The van der Waals surface area contributed by atoms with Crippen molar-refractivity contribution in [2.24, 2.45) is 5.73 Å². The fraction of sp³-hybridized carbons (Fsp3) is 0.0526. The highest BCUT2D eigenvalue weighted by Crippen LogP contribution is 2.43. The maximum atomic E-state index is 12.7. The van der Waals surface area contributed by atoms with Gasteiger partial charge in [-0.25, -0.2) is 4.79 Å². The molecule has 0 saturated heterocycles. The molecule has 2 heterocycles. The number of nitriles is 1. The number of fused-ring (bicyclic) bond motifs is 3. The molecule has 0 unspecified atom stereocenters. The highest BCUT2D eigenvalue weighted by Gasteiger charge is 2.35. The van der Waals surface area contributed by atoms with Gasteiger partial charge in [0.05, 0.1) is 21.8 Å². The number of hydrogen-bond donors (Lipinski definition) is 1. The smallest absolute Gasteiger partial charge is 0.344 e. The zero-order chi connectivity index (χ0) is 19.1. The number of allylic oxidation sites excluding steroid dienone is 1. The molecule has 0 saturated carbocycles. The fourth-order valence-corrected chi connectivity index (χ4v) is 3.19. The molecule has 1 aliphatic rings. The molecular formula is C19H11N3O5. The molecule has 1 atom stereocenters. The van der Waals surface area contributed by atoms with Crippen LogP contribution in [0.3, 0.4) is 0 Å². The van der Waals surface area contributed by atoms with Gasteiger partial charge in [0.2, 0.25) is 5.88 Å². The van der Waals surface area contributed by atoms with Gasteiger partial charge >= 0.3 is 5.63 Å². The second-order valence-corrected chi connectivity index (χ2v) is 5.90. The molecule has 1 aromatic heterocycles. The molecule has 132 valence electrons. The van der Waals surface area contributed by atoms with Crippen molar-refractivity contribution in [2.75, 3.05) is 0 Å². The summed E-state index contributed by atoms with van der Waals surface area (Å²) in [6.45, 7) is 0. The van der Waals surface area contributed by atoms with E-state index in [1.54, 1.807) is 24.3 Å². The van der Waals surface area contributed by atoms with Crippen molar-refractivity contribution >= 4 is 16.7 Å². The lowest BCUT2D eigenvalue weighted by molar-refractivity contribution is -0.384. The van der Waals surface area contributed by atoms with Crippen molar-refractivity contribution in [3.8, 4) is 11.8 Å². The predicted molar refractivity (Wildman–Crippen MR) is 94.9 cm³/mol. The van der Waals surface area contributed by atoms with Gasteiger partial charge in [-0.3, -0.25) is 10.1 Å². The SMILES string of the molecule is N#CC1=C(N)Oc2c(c(=O)oc3ccccc23)[C@H]1c1ccc([N+](=O)[O-])cc1. The number of nitrogens with two attached hydrogens (primary N) is 1. The molecule has 0 bridgehead atoms. The Bertz CT molecular complexity index is 1220. The third-order valence-electron chi connectivity index (χ3n) is 4.41. The number of benzene rings is 2. The van der Waals surface area contributed by atoms with E-state index in [0.717, 1.165) is 0 Å². The van der Waals surface area contributed by atoms with Crippen LogP contribution in [0.5, 0.6) is 5.75 Å². The highest BCUT2D eigenvalue weighted by molar-refractivity contribution is 5.86. The van der Waals surface area contributed by atoms with E-state index in [4.69, 9.17) is 14.9 Å². The van der Waals surface area contributed by atoms with Crippen LogP contribution in [-0.4, -0.2) is 4.92 Å². The first kappa shape index (κ1) is 16.4. The van der Waals surface area contributed by atoms with Crippen molar-refractivity contribution in [2.45, 2.75) is 5.92 Å². The Kier molecular flexibility index (Phi) is 3.63. The van der Waals surface area contributed by atoms with Gasteiger partial charge < -0.3 is 14.9 Å². The average molecular weight is 361 g/mol. The van der Waals surface area contributed by atoms with E-state index in [-0.39, 0.29) is 28.5 Å². The van der Waals surface area contributed by atoms with E-state index in [9.17, 15) is 20.2 Å². The molecule has 0 spiro atoms. The van der Waals surface area contributed by atoms with Gasteiger partial charge in [0, 0.05) is 12.1 Å². The Morgan fingerprint density at radius 1 is 1.15 bits per heavy atom. The van der Waals surface area contributed by atoms with E-state index in [1.807, 2.05) is 6.07 Å². The van der Waals surface area contributed by atoms with Crippen LogP contribution < -0.4 is 16.1 Å². The number of nitro benzene ring substituents is 1. The summed E-state index contributed by atoms with van der Waals surface area (Å²) in [6, 6.07) is 14.4. The van der Waals surface area contributed by atoms with Gasteiger partial charge in [-0.2, -0.15) is 5.26 Å². The minimum absolute atomic E-state index is 0.0407. The Hall–Kier alpha value is -4.12. The Morgan fingerprint density at radius 3 is 2.52 bits per heavy atom. The van der Waals surface area contributed by atoms with Crippen LogP contribution >= 0.6 is 0 Å². The Balaban J connectivity index is 2.01. The Morgan fingerprint density at radius 2 is 1.85 bits per heavy atom. The molecule has 27 heavy (non-hydrogen) atoms. The number of ether oxygens (including phenoxy) is 1. The first-order chi connectivity index (χ1) is 13.0. The molecule has 4 rings (SSSR count). The van der Waals surface area contributed by atoms with Gasteiger partial charge in [-0.1, -0.05) is 24.3 Å². The molecule has 0 radical (unpaired) electrons. The lowest BCUT2D eigenvalue weighted by atomic mass is 9.84. The van der Waals surface area contributed by atoms with Crippen LogP contribution in [0.2, 0.25) is 0 Å². The maximum Gasteiger partial charge on any atom is 0.344 e. The third-order valence-corrected chi connectivity index (χ3v) is 4.41. The van der Waals surface area contributed by atoms with Gasteiger partial charge in [-0.15, -0.1) is 0 Å². The normalized spacial score (nSPS) is 15.7. The number of nitro groups is 1. The minimum Gasteiger partial charge on any atom is -0.439 e. The number of rotatable bonds is 2. The number of non-ortho nitro benzene ring substituents is 1. The summed E-state index contributed by atoms with van der Waals surface area (Å²) >= 11 is 0. The lowest BCUT2D eigenvalue weighted by Gasteiger charge is -2.25. The molecule has 8 heteroatoms. The van der Waals surface area contributed by atoms with E-state index in [1.165, 1.54) is 24.3 Å². The number of hydrogen-bond acceptors (Lipinski definition) is 7. The highest BCUT2D eigenvalue weighted by atomic mass is 16.6. The van der Waals surface area contributed by atoms with Gasteiger partial charge in [-0.05, 0) is 17.7 Å². The number of para-hydroxylation sites is 1. The van der Waals surface area contributed by atoms with Crippen molar-refractivity contribution < 1.29 is 14.1 Å². The Labute approximate surface area is 151 Å². The van der Waals surface area contributed by atoms with Crippen molar-refractivity contribution in [1.82, 2.24) is 0 Å². The largest absolute Gasteiger partial charge is 0.439 e. The molecular weight excluding hydrogens is 350 g/mol. The number of nitrogens with zero attached hydrogens (tertiary/aromatic N) is 2. The molecule has 2 N–H and O–H groups in total. The average Bonchev–Trinajstić information content (AvgIpc) is 2.67. The molecule has 2 aromatic carbocycles. The molecule has 0 aliphatic carbocycles. The van der Waals surface area contributed by atoms with Crippen LogP contribution in [0.1, 0.15) is 17.0 Å². The van der Waals surface area contributed by atoms with E-state index in [0.29, 0.717) is 16.5 Å². The van der Waals surface area contributed by atoms with E-state index >= 15 is 0 Å². The maximum absolute atomic E-state index is 12.7. The van der Waals surface area contributed by atoms with Crippen LogP contribution in [0, 0.1) is 21.4 Å². The predicted octanol–water partition coefficient (Wildman–Crippen LogP) is 2.92. The molecule has 1 aliphatic heterocycles. The summed E-state index contributed by atoms with van der Waals surface area (Å²) in [7, 11) is 0. The van der Waals surface area contributed by atoms with Gasteiger partial charge in [0.15, 0.2) is 5.75 Å². The first-order valence-electron chi connectivity index (χ1n) is 7.89. The molecule has 0 fully saturated rings. The van der Waals surface area contributed by atoms with Gasteiger partial charge in [0.25, 0.3) is 5.69 Å². The second-order valence-electron chi connectivity index (χ2n) is 5.90. The van der Waals surface area contributed by atoms with Crippen LogP contribution in [0.15, 0.2) is 69.2 Å². The quantitative estimate of drug-likeness (QED) is 0.421. The second kappa shape index (κ2) is 6.00. The lowest BCUT2D eigenvalue weighted by Crippen LogP contribution is -2.26. The molecule has 0 amide bonds. The summed E-state index contributed by atoms with van der Waals surface area (Å²) < 4.78 is 11.0. The zero-order valence-corrected chi connectivity index (χ0v) is 13.7. The van der Waals surface area contributed by atoms with E-state index < -0.39 is 16.5 Å². The van der Waals surface area contributed by atoms with Gasteiger partial charge in [0.1, 0.15) is 17.2 Å². The monoisotopic (exact) mass is 361 g/mol. The van der Waals surface area contributed by atoms with Crippen LogP contribution in [0.4, 0.5) is 5.69 Å². The summed E-state index contributed by atoms with van der Waals surface area (Å²) in [5.41, 5.74) is 6.18. The fourth-order valence-electron chi connectivity index (χ4n) is 3.19. The summed E-state index contributed by atoms with van der Waals surface area (Å²) in [4.78, 5) is 23.0. The first-order valence-corrected chi connectivity index (χ1v) is 7.89. The van der Waals surface area contributed by atoms with Crippen molar-refractivity contribution in [1.29, 1.82) is 5.26 Å². The summed E-state index contributed by atoms with van der Waals surface area (Å²) in [5, 5.41) is 21.0. The van der Waals surface area contributed by atoms with Crippen molar-refractivity contribution in [3.63, 3.8) is 0 Å². The topological polar surface area (TPSA) is 132 Å². The minimum atomic E-state index is -0.847. The van der Waals surface area contributed by atoms with Crippen LogP contribution in [-0.2, 0) is 0 Å². The van der Waals surface area contributed by atoms with Crippen LogP contribution in [0.25, 0.3) is 11.0 Å². The molecule has 3 aromatic rings. The molecule has 8 nitrogen and oxygen atoms in total. The third kappa shape index (κ3) is 2.49. The summed E-state index contributed by atoms with van der Waals surface area (Å²) in [6.07, 6.45) is 0.